The van der Waals surface area contributed by atoms with Crippen LogP contribution in [0.25, 0.3) is 0 Å². The van der Waals surface area contributed by atoms with E-state index >= 15 is 0 Å². The Morgan fingerprint density at radius 1 is 1.31 bits per heavy atom. The molecule has 6 heteroatoms. The Morgan fingerprint density at radius 3 is 2.75 bits per heavy atom. The number of hydrogen-bond acceptors (Lipinski definition) is 4. The minimum atomic E-state index is -0.526. The van der Waals surface area contributed by atoms with Crippen LogP contribution >= 0.6 is 0 Å². The minimum Gasteiger partial charge on any atom is -0.357 e. The van der Waals surface area contributed by atoms with Gasteiger partial charge in [0.05, 0.1) is 10.6 Å². The number of fused-ring (bicyclic) bond motifs is 1. The van der Waals surface area contributed by atoms with Gasteiger partial charge in [-0.2, -0.15) is 0 Å². The van der Waals surface area contributed by atoms with E-state index in [0.717, 1.165) is 0 Å². The molecule has 82 valence electrons. The summed E-state index contributed by atoms with van der Waals surface area (Å²) in [4.78, 5) is 21.6. The molecular weight excluding hydrogens is 210 g/mol. The number of nitro benzene ring substituents is 1. The number of para-hydroxylation sites is 1. The average molecular weight is 219 g/mol. The lowest BCUT2D eigenvalue weighted by Gasteiger charge is -2.08. The molecule has 1 amide bonds. The number of hydrogen-bond donors (Lipinski definition) is 2. The smallest absolute Gasteiger partial charge is 0.294 e. The van der Waals surface area contributed by atoms with Crippen LogP contribution < -0.4 is 10.6 Å². The van der Waals surface area contributed by atoms with E-state index in [1.807, 2.05) is 0 Å². The second-order valence-electron chi connectivity index (χ2n) is 3.40. The molecule has 0 bridgehead atoms. The molecule has 1 aromatic carbocycles. The number of carbonyl (C=O) groups is 1. The van der Waals surface area contributed by atoms with Gasteiger partial charge in [-0.05, 0) is 13.0 Å². The molecule has 0 aliphatic carbocycles. The summed E-state index contributed by atoms with van der Waals surface area (Å²) in [5, 5.41) is 16.2. The van der Waals surface area contributed by atoms with E-state index in [-0.39, 0.29) is 17.3 Å². The van der Waals surface area contributed by atoms with Gasteiger partial charge in [-0.1, -0.05) is 6.07 Å². The van der Waals surface area contributed by atoms with Crippen LogP contribution in [0.5, 0.6) is 0 Å². The first-order chi connectivity index (χ1) is 7.58. The number of nitrogens with one attached hydrogen (secondary N) is 2. The molecule has 0 spiro atoms. The van der Waals surface area contributed by atoms with Gasteiger partial charge in [-0.15, -0.1) is 0 Å². The summed E-state index contributed by atoms with van der Waals surface area (Å²) in [7, 11) is 0. The lowest BCUT2D eigenvalue weighted by molar-refractivity contribution is -0.383. The Labute approximate surface area is 91.1 Å². The molecule has 0 unspecified atom stereocenters. The SMILES string of the molecule is CC1=CC(=O)Nc2c(cccc2[N+](=O)[O-])N1. The van der Waals surface area contributed by atoms with Gasteiger partial charge >= 0.3 is 0 Å². The maximum atomic E-state index is 11.4. The summed E-state index contributed by atoms with van der Waals surface area (Å²) in [5.74, 6) is -0.377. The van der Waals surface area contributed by atoms with Crippen LogP contribution in [-0.4, -0.2) is 10.8 Å². The van der Waals surface area contributed by atoms with Gasteiger partial charge < -0.3 is 10.6 Å². The van der Waals surface area contributed by atoms with Crippen molar-refractivity contribution in [2.75, 3.05) is 10.6 Å². The van der Waals surface area contributed by atoms with Crippen LogP contribution in [0.3, 0.4) is 0 Å². The Hall–Kier alpha value is -2.37. The number of anilines is 2. The van der Waals surface area contributed by atoms with Crippen molar-refractivity contribution in [2.24, 2.45) is 0 Å². The van der Waals surface area contributed by atoms with Gasteiger partial charge in [0, 0.05) is 17.8 Å². The highest BCUT2D eigenvalue weighted by molar-refractivity contribution is 6.05. The zero-order valence-corrected chi connectivity index (χ0v) is 8.48. The molecule has 0 saturated heterocycles. The third-order valence-corrected chi connectivity index (χ3v) is 2.17. The van der Waals surface area contributed by atoms with Crippen LogP contribution in [0.1, 0.15) is 6.92 Å². The molecule has 2 N–H and O–H groups in total. The molecule has 1 aliphatic heterocycles. The molecule has 0 aromatic heterocycles. The number of nitro groups is 1. The summed E-state index contributed by atoms with van der Waals surface area (Å²) in [6.45, 7) is 1.72. The predicted octanol–water partition coefficient (Wildman–Crippen LogP) is 1.86. The van der Waals surface area contributed by atoms with E-state index in [4.69, 9.17) is 0 Å². The molecule has 16 heavy (non-hydrogen) atoms. The lowest BCUT2D eigenvalue weighted by atomic mass is 10.2. The Morgan fingerprint density at radius 2 is 2.06 bits per heavy atom. The highest BCUT2D eigenvalue weighted by Gasteiger charge is 2.21. The van der Waals surface area contributed by atoms with Crippen LogP contribution in [0.15, 0.2) is 30.0 Å². The normalized spacial score (nSPS) is 14.1. The molecule has 1 aromatic rings. The predicted molar refractivity (Wildman–Crippen MR) is 59.1 cm³/mol. The molecule has 6 nitrogen and oxygen atoms in total. The van der Waals surface area contributed by atoms with E-state index in [1.54, 1.807) is 19.1 Å². The maximum absolute atomic E-state index is 11.4. The average Bonchev–Trinajstić information content (AvgIpc) is 2.33. The van der Waals surface area contributed by atoms with Gasteiger partial charge in [0.15, 0.2) is 0 Å². The van der Waals surface area contributed by atoms with Crippen LogP contribution in [0, 0.1) is 10.1 Å². The van der Waals surface area contributed by atoms with E-state index in [0.29, 0.717) is 11.4 Å². The van der Waals surface area contributed by atoms with E-state index in [9.17, 15) is 14.9 Å². The van der Waals surface area contributed by atoms with Gasteiger partial charge in [-0.25, -0.2) is 0 Å². The van der Waals surface area contributed by atoms with Crippen molar-refractivity contribution >= 4 is 23.0 Å². The fourth-order valence-electron chi connectivity index (χ4n) is 1.53. The molecule has 2 rings (SSSR count). The second kappa shape index (κ2) is 3.65. The standard InChI is InChI=1S/C10H9N3O3/c1-6-5-9(14)12-10-7(11-6)3-2-4-8(10)13(15)16/h2-5,11H,1H3,(H,12,14). The molecule has 0 atom stereocenters. The first-order valence-electron chi connectivity index (χ1n) is 4.61. The first-order valence-corrected chi connectivity index (χ1v) is 4.61. The van der Waals surface area contributed by atoms with Crippen molar-refractivity contribution in [2.45, 2.75) is 6.92 Å². The fraction of sp³-hybridized carbons (Fsp3) is 0.100. The number of carbonyl (C=O) groups excluding carboxylic acids is 1. The van der Waals surface area contributed by atoms with Crippen molar-refractivity contribution in [1.29, 1.82) is 0 Å². The van der Waals surface area contributed by atoms with Crippen molar-refractivity contribution in [3.8, 4) is 0 Å². The van der Waals surface area contributed by atoms with Crippen molar-refractivity contribution in [3.05, 3.63) is 40.1 Å². The van der Waals surface area contributed by atoms with Crippen molar-refractivity contribution < 1.29 is 9.72 Å². The number of nitrogens with zero attached hydrogens (tertiary/aromatic N) is 1. The van der Waals surface area contributed by atoms with Crippen molar-refractivity contribution in [1.82, 2.24) is 0 Å². The molecular formula is C10H9N3O3. The van der Waals surface area contributed by atoms with E-state index in [2.05, 4.69) is 10.6 Å². The highest BCUT2D eigenvalue weighted by atomic mass is 16.6. The zero-order chi connectivity index (χ0) is 11.7. The summed E-state index contributed by atoms with van der Waals surface area (Å²) in [6, 6.07) is 4.58. The van der Waals surface area contributed by atoms with E-state index < -0.39 is 4.92 Å². The maximum Gasteiger partial charge on any atom is 0.294 e. The highest BCUT2D eigenvalue weighted by Crippen LogP contribution is 2.34. The molecule has 0 fully saturated rings. The zero-order valence-electron chi connectivity index (χ0n) is 8.48. The van der Waals surface area contributed by atoms with Crippen LogP contribution in [-0.2, 0) is 4.79 Å². The third kappa shape index (κ3) is 1.72. The van der Waals surface area contributed by atoms with Gasteiger partial charge in [0.1, 0.15) is 5.69 Å². The summed E-state index contributed by atoms with van der Waals surface area (Å²) in [6.07, 6.45) is 1.35. The lowest BCUT2D eigenvalue weighted by Crippen LogP contribution is -2.08. The monoisotopic (exact) mass is 219 g/mol. The van der Waals surface area contributed by atoms with Crippen LogP contribution in [0.2, 0.25) is 0 Å². The number of benzene rings is 1. The molecule has 0 radical (unpaired) electrons. The van der Waals surface area contributed by atoms with Gasteiger partial charge in [0.2, 0.25) is 5.91 Å². The Bertz CT molecular complexity index is 508. The topological polar surface area (TPSA) is 84.3 Å². The summed E-state index contributed by atoms with van der Waals surface area (Å²) < 4.78 is 0. The Kier molecular flexibility index (Phi) is 2.32. The molecule has 1 heterocycles. The number of allylic oxidation sites excluding steroid dienone is 1. The third-order valence-electron chi connectivity index (χ3n) is 2.17. The number of rotatable bonds is 1. The first kappa shape index (κ1) is 10.2. The quantitative estimate of drug-likeness (QED) is 0.557. The minimum absolute atomic E-state index is 0.124. The number of amides is 1. The van der Waals surface area contributed by atoms with E-state index in [1.165, 1.54) is 12.1 Å². The Balaban J connectivity index is 2.57. The summed E-state index contributed by atoms with van der Waals surface area (Å²) >= 11 is 0. The fourth-order valence-corrected chi connectivity index (χ4v) is 1.53. The molecule has 0 saturated carbocycles. The largest absolute Gasteiger partial charge is 0.357 e. The second-order valence-corrected chi connectivity index (χ2v) is 3.40. The summed E-state index contributed by atoms with van der Waals surface area (Å²) in [5.41, 5.74) is 1.23. The van der Waals surface area contributed by atoms with Crippen molar-refractivity contribution in [3.63, 3.8) is 0 Å². The molecule has 1 aliphatic rings. The van der Waals surface area contributed by atoms with Gasteiger partial charge in [0.25, 0.3) is 5.69 Å². The van der Waals surface area contributed by atoms with Crippen LogP contribution in [0.4, 0.5) is 17.1 Å². The van der Waals surface area contributed by atoms with Gasteiger partial charge in [-0.3, -0.25) is 14.9 Å².